The fourth-order valence-corrected chi connectivity index (χ4v) is 2.50. The van der Waals surface area contributed by atoms with E-state index in [1.807, 2.05) is 0 Å². The van der Waals surface area contributed by atoms with Crippen LogP contribution in [0.4, 0.5) is 8.78 Å². The highest BCUT2D eigenvalue weighted by Crippen LogP contribution is 2.27. The summed E-state index contributed by atoms with van der Waals surface area (Å²) in [6.45, 7) is 0.0433. The monoisotopic (exact) mass is 319 g/mol. The van der Waals surface area contributed by atoms with Crippen molar-refractivity contribution >= 4 is 23.5 Å². The molecule has 21 heavy (non-hydrogen) atoms. The van der Waals surface area contributed by atoms with Crippen molar-refractivity contribution in [2.45, 2.75) is 18.6 Å². The number of hydrogen-bond acceptors (Lipinski definition) is 3. The van der Waals surface area contributed by atoms with Crippen molar-refractivity contribution in [3.63, 3.8) is 0 Å². The van der Waals surface area contributed by atoms with E-state index in [9.17, 15) is 18.4 Å². The van der Waals surface area contributed by atoms with Crippen molar-refractivity contribution in [3.8, 4) is 0 Å². The van der Waals surface area contributed by atoms with Gasteiger partial charge in [-0.2, -0.15) is 0 Å². The lowest BCUT2D eigenvalue weighted by molar-refractivity contribution is -0.141. The number of carbonyl (C=O) groups is 2. The molecule has 1 fully saturated rings. The highest BCUT2D eigenvalue weighted by molar-refractivity contribution is 6.33. The lowest BCUT2D eigenvalue weighted by atomic mass is 10.1. The summed E-state index contributed by atoms with van der Waals surface area (Å²) in [6, 6.07) is 0.259. The summed E-state index contributed by atoms with van der Waals surface area (Å²) in [5.41, 5.74) is -0.279. The van der Waals surface area contributed by atoms with Crippen molar-refractivity contribution in [2.75, 3.05) is 13.7 Å². The third kappa shape index (κ3) is 2.98. The van der Waals surface area contributed by atoms with Crippen molar-refractivity contribution in [2.24, 2.45) is 0 Å². The van der Waals surface area contributed by atoms with Crippen molar-refractivity contribution in [1.82, 2.24) is 4.90 Å². The van der Waals surface area contributed by atoms with Crippen LogP contribution in [0.15, 0.2) is 12.1 Å². The van der Waals surface area contributed by atoms with Gasteiger partial charge in [0.25, 0.3) is 5.91 Å². The lowest BCUT2D eigenvalue weighted by Gasteiger charge is -2.21. The first-order valence-electron chi connectivity index (χ1n) is 6.06. The minimum absolute atomic E-state index is 0.0433. The second-order valence-electron chi connectivity index (χ2n) is 4.65. The molecule has 1 aliphatic rings. The predicted octanol–water partition coefficient (Wildman–Crippen LogP) is 1.93. The Kier molecular flexibility index (Phi) is 4.43. The number of methoxy groups -OCH3 is 1. The summed E-state index contributed by atoms with van der Waals surface area (Å²) in [7, 11) is 1.40. The number of rotatable bonds is 3. The molecule has 2 rings (SSSR count). The smallest absolute Gasteiger partial charge is 0.326 e. The van der Waals surface area contributed by atoms with E-state index in [0.717, 1.165) is 4.90 Å². The van der Waals surface area contributed by atoms with Gasteiger partial charge in [-0.3, -0.25) is 4.79 Å². The quantitative estimate of drug-likeness (QED) is 0.865. The Labute approximate surface area is 124 Å². The van der Waals surface area contributed by atoms with Crippen LogP contribution in [-0.2, 0) is 9.53 Å². The molecule has 1 aromatic rings. The molecule has 2 atom stereocenters. The van der Waals surface area contributed by atoms with Gasteiger partial charge in [0.2, 0.25) is 0 Å². The lowest BCUT2D eigenvalue weighted by Crippen LogP contribution is -2.40. The first-order chi connectivity index (χ1) is 9.85. The minimum atomic E-state index is -1.22. The third-order valence-electron chi connectivity index (χ3n) is 3.38. The molecule has 1 amide bonds. The van der Waals surface area contributed by atoms with Gasteiger partial charge >= 0.3 is 5.97 Å². The van der Waals surface area contributed by atoms with Crippen LogP contribution in [0.25, 0.3) is 0 Å². The zero-order valence-electron chi connectivity index (χ0n) is 11.0. The summed E-state index contributed by atoms with van der Waals surface area (Å²) >= 11 is 5.74. The molecule has 8 heteroatoms. The van der Waals surface area contributed by atoms with Crippen LogP contribution in [-0.4, -0.2) is 47.7 Å². The molecule has 114 valence electrons. The first kappa shape index (κ1) is 15.7. The molecular formula is C13H12ClF2NO4. The number of likely N-dealkylation sites (tertiary alicyclic amines) is 1. The summed E-state index contributed by atoms with van der Waals surface area (Å²) in [6.07, 6.45) is -0.307. The fraction of sp³-hybridized carbons (Fsp3) is 0.385. The second kappa shape index (κ2) is 5.95. The van der Waals surface area contributed by atoms with Gasteiger partial charge < -0.3 is 14.7 Å². The van der Waals surface area contributed by atoms with E-state index in [0.29, 0.717) is 12.1 Å². The molecule has 5 nitrogen and oxygen atoms in total. The minimum Gasteiger partial charge on any atom is -0.480 e. The summed E-state index contributed by atoms with van der Waals surface area (Å²) < 4.78 is 31.3. The van der Waals surface area contributed by atoms with E-state index < -0.39 is 35.7 Å². The average Bonchev–Trinajstić information content (AvgIpc) is 2.86. The van der Waals surface area contributed by atoms with Gasteiger partial charge in [0.05, 0.1) is 16.7 Å². The molecule has 2 unspecified atom stereocenters. The molecule has 1 saturated heterocycles. The normalized spacial score (nSPS) is 21.6. The van der Waals surface area contributed by atoms with Gasteiger partial charge in [-0.1, -0.05) is 11.6 Å². The topological polar surface area (TPSA) is 66.8 Å². The summed E-state index contributed by atoms with van der Waals surface area (Å²) in [5.74, 6) is -4.37. The Morgan fingerprint density at radius 1 is 1.38 bits per heavy atom. The Bertz CT molecular complexity index is 596. The third-order valence-corrected chi connectivity index (χ3v) is 3.70. The van der Waals surface area contributed by atoms with Crippen LogP contribution < -0.4 is 0 Å². The summed E-state index contributed by atoms with van der Waals surface area (Å²) in [5, 5.41) is 8.87. The molecule has 0 bridgehead atoms. The van der Waals surface area contributed by atoms with Gasteiger partial charge in [-0.25, -0.2) is 13.6 Å². The maximum atomic E-state index is 13.3. The number of halogens is 3. The van der Waals surface area contributed by atoms with Crippen LogP contribution in [0.3, 0.4) is 0 Å². The van der Waals surface area contributed by atoms with Crippen LogP contribution in [0.1, 0.15) is 16.8 Å². The van der Waals surface area contributed by atoms with Crippen LogP contribution in [0.2, 0.25) is 5.02 Å². The Hall–Kier alpha value is -1.73. The van der Waals surface area contributed by atoms with Gasteiger partial charge in [-0.05, 0) is 12.1 Å². The number of carbonyl (C=O) groups excluding carboxylic acids is 1. The van der Waals surface area contributed by atoms with E-state index in [1.54, 1.807) is 0 Å². The number of ether oxygens (including phenoxy) is 1. The fourth-order valence-electron chi connectivity index (χ4n) is 2.27. The maximum Gasteiger partial charge on any atom is 0.326 e. The second-order valence-corrected chi connectivity index (χ2v) is 5.06. The number of nitrogens with zero attached hydrogens (tertiary/aromatic N) is 1. The van der Waals surface area contributed by atoms with Gasteiger partial charge in [-0.15, -0.1) is 0 Å². The van der Waals surface area contributed by atoms with Gasteiger partial charge in [0.1, 0.15) is 6.04 Å². The maximum absolute atomic E-state index is 13.3. The number of aliphatic carboxylic acids is 1. The van der Waals surface area contributed by atoms with Crippen LogP contribution in [0, 0.1) is 11.6 Å². The van der Waals surface area contributed by atoms with Crippen LogP contribution in [0.5, 0.6) is 0 Å². The molecule has 1 heterocycles. The highest BCUT2D eigenvalue weighted by Gasteiger charge is 2.40. The van der Waals surface area contributed by atoms with E-state index >= 15 is 0 Å². The summed E-state index contributed by atoms with van der Waals surface area (Å²) in [4.78, 5) is 24.6. The number of amides is 1. The number of hydrogen-bond donors (Lipinski definition) is 1. The zero-order chi connectivity index (χ0) is 15.7. The molecule has 1 aromatic carbocycles. The Morgan fingerprint density at radius 3 is 2.57 bits per heavy atom. The molecule has 0 saturated carbocycles. The van der Waals surface area contributed by atoms with Crippen molar-refractivity contribution in [1.29, 1.82) is 0 Å². The Morgan fingerprint density at radius 2 is 2.00 bits per heavy atom. The SMILES string of the molecule is COC1CC(C(=O)O)N(C(=O)c2cc(F)c(F)cc2Cl)C1. The number of carboxylic acids is 1. The molecule has 0 radical (unpaired) electrons. The zero-order valence-corrected chi connectivity index (χ0v) is 11.7. The highest BCUT2D eigenvalue weighted by atomic mass is 35.5. The molecule has 0 spiro atoms. The standard InChI is InChI=1S/C13H12ClF2NO4/c1-21-6-2-11(13(19)20)17(5-6)12(18)7-3-9(15)10(16)4-8(7)14/h3-4,6,11H,2,5H2,1H3,(H,19,20). The van der Waals surface area contributed by atoms with E-state index in [-0.39, 0.29) is 23.6 Å². The Balaban J connectivity index is 2.34. The molecule has 0 aromatic heterocycles. The van der Waals surface area contributed by atoms with E-state index in [2.05, 4.69) is 0 Å². The van der Waals surface area contributed by atoms with Crippen molar-refractivity contribution < 1.29 is 28.2 Å². The molecule has 1 aliphatic heterocycles. The predicted molar refractivity (Wildman–Crippen MR) is 69.2 cm³/mol. The van der Waals surface area contributed by atoms with E-state index in [1.165, 1.54) is 7.11 Å². The number of benzene rings is 1. The first-order valence-corrected chi connectivity index (χ1v) is 6.44. The number of carboxylic acid groups (broad SMARTS) is 1. The van der Waals surface area contributed by atoms with Crippen LogP contribution >= 0.6 is 11.6 Å². The largest absolute Gasteiger partial charge is 0.480 e. The average molecular weight is 320 g/mol. The van der Waals surface area contributed by atoms with E-state index in [4.69, 9.17) is 21.4 Å². The molecule has 0 aliphatic carbocycles. The molecule has 1 N–H and O–H groups in total. The molecular weight excluding hydrogens is 308 g/mol. The van der Waals surface area contributed by atoms with Gasteiger partial charge in [0.15, 0.2) is 11.6 Å². The van der Waals surface area contributed by atoms with Gasteiger partial charge in [0, 0.05) is 20.1 Å². The van der Waals surface area contributed by atoms with Crippen molar-refractivity contribution in [3.05, 3.63) is 34.4 Å².